The summed E-state index contributed by atoms with van der Waals surface area (Å²) in [4.78, 5) is 11.6. The fraction of sp³-hybridized carbons (Fsp3) is 0. The van der Waals surface area contributed by atoms with Gasteiger partial charge in [0.05, 0.1) is 93.3 Å². The molecule has 0 atom stereocenters. The van der Waals surface area contributed by atoms with Gasteiger partial charge >= 0.3 is 5.84 Å². The lowest BCUT2D eigenvalue weighted by Crippen LogP contribution is -1.99. The number of benzene rings is 16. The molecule has 0 fully saturated rings. The van der Waals surface area contributed by atoms with E-state index < -0.39 is 0 Å². The van der Waals surface area contributed by atoms with Gasteiger partial charge in [-0.25, -0.2) is 4.98 Å². The maximum atomic E-state index is 7.03. The molecule has 502 valence electrons. The molecule has 0 saturated heterocycles. The number of fused-ring (bicyclic) bond motifs is 22. The van der Waals surface area contributed by atoms with E-state index in [1.54, 1.807) is 11.3 Å². The Hall–Kier alpha value is -14.3. The van der Waals surface area contributed by atoms with Crippen molar-refractivity contribution in [3.05, 3.63) is 352 Å². The molecule has 108 heavy (non-hydrogen) atoms. The van der Waals surface area contributed by atoms with Crippen LogP contribution in [-0.2, 0) is 0 Å². The van der Waals surface area contributed by atoms with Crippen molar-refractivity contribution < 1.29 is 4.42 Å². The predicted octanol–water partition coefficient (Wildman–Crippen LogP) is 26.0. The van der Waals surface area contributed by atoms with E-state index in [1.165, 1.54) is 64.3 Å². The zero-order valence-electron chi connectivity index (χ0n) is 57.9. The van der Waals surface area contributed by atoms with E-state index in [-0.39, 0.29) is 0 Å². The number of oxazole rings is 1. The maximum Gasteiger partial charge on any atom is 0.307 e. The number of para-hydroxylation sites is 10. The Kier molecular flexibility index (Phi) is 12.4. The van der Waals surface area contributed by atoms with Crippen molar-refractivity contribution in [3.8, 4) is 78.4 Å². The third kappa shape index (κ3) is 8.39. The summed E-state index contributed by atoms with van der Waals surface area (Å²) in [5.74, 6) is 0.547. The number of hydrogen-bond donors (Lipinski definition) is 0. The van der Waals surface area contributed by atoms with Gasteiger partial charge in [-0.1, -0.05) is 242 Å². The molecule has 0 unspecified atom stereocenters. The van der Waals surface area contributed by atoms with E-state index in [1.807, 2.05) is 0 Å². The van der Waals surface area contributed by atoms with Crippen LogP contribution in [0.25, 0.3) is 220 Å². The zero-order chi connectivity index (χ0) is 70.4. The lowest BCUT2D eigenvalue weighted by Gasteiger charge is -2.17. The minimum absolute atomic E-state index is 0.547. The van der Waals surface area contributed by atoms with Crippen LogP contribution in [0, 0.1) is 0 Å². The summed E-state index contributed by atoms with van der Waals surface area (Å²) in [6.45, 7) is 0. The maximum absolute atomic E-state index is 7.03. The largest absolute Gasteiger partial charge is 0.422 e. The molecule has 9 nitrogen and oxygen atoms in total. The molecule has 0 aliphatic carbocycles. The van der Waals surface area contributed by atoms with E-state index in [9.17, 15) is 0 Å². The molecule has 24 rings (SSSR count). The fourth-order valence-electron chi connectivity index (χ4n) is 18.1. The highest BCUT2D eigenvalue weighted by atomic mass is 32.1. The van der Waals surface area contributed by atoms with Crippen molar-refractivity contribution in [2.45, 2.75) is 0 Å². The van der Waals surface area contributed by atoms with Crippen LogP contribution in [0.1, 0.15) is 0 Å². The first-order valence-corrected chi connectivity index (χ1v) is 37.5. The average Bonchev–Trinajstić information content (AvgIpc) is 0.884. The predicted molar refractivity (Wildman–Crippen MR) is 449 cm³/mol. The van der Waals surface area contributed by atoms with Crippen LogP contribution in [0.5, 0.6) is 0 Å². The first kappa shape index (κ1) is 59.1. The molecule has 0 saturated carbocycles. The molecular weight excluding hydrogens is 1340 g/mol. The Balaban J connectivity index is 0.591. The third-order valence-corrected chi connectivity index (χ3v) is 23.8. The summed E-state index contributed by atoms with van der Waals surface area (Å²) in [5.41, 5.74) is 31.5. The Bertz CT molecular complexity index is 7920. The topological polar surface area (TPSA) is 67.5 Å². The lowest BCUT2D eigenvalue weighted by atomic mass is 9.93. The normalized spacial score (nSPS) is 12.3. The Labute approximate surface area is 620 Å². The molecule has 0 aliphatic heterocycles. The summed E-state index contributed by atoms with van der Waals surface area (Å²) in [6, 6.07) is 128. The highest BCUT2D eigenvalue weighted by molar-refractivity contribution is 7.23. The molecule has 16 aromatic carbocycles. The SMILES string of the molecule is c1ccc(-c2cccc3c2nc2sc4ccccc4n23)c(-c2ccccc2-n2c3ccccc3c3cc(-n4c5ccccc5c5ccc(-c6ccc7c(c6)nc6oc8c(-c9ccccc9-c9ccccc9-n9c%10ccccc%10c%10cc(-n%11c%12ccccc%12c%12ccccc%12%11)ccc%109)cccc8n67)cc54)ccc32)c1. The van der Waals surface area contributed by atoms with Crippen molar-refractivity contribution in [2.75, 3.05) is 0 Å². The van der Waals surface area contributed by atoms with Crippen LogP contribution in [-0.4, -0.2) is 37.0 Å². The van der Waals surface area contributed by atoms with Gasteiger partial charge in [0.25, 0.3) is 0 Å². The van der Waals surface area contributed by atoms with Gasteiger partial charge in [-0.2, -0.15) is 4.98 Å². The molecule has 8 aromatic heterocycles. The highest BCUT2D eigenvalue weighted by Crippen LogP contribution is 2.47. The van der Waals surface area contributed by atoms with Crippen LogP contribution in [0.2, 0.25) is 0 Å². The number of aromatic nitrogens is 8. The van der Waals surface area contributed by atoms with Crippen LogP contribution in [0.15, 0.2) is 356 Å². The molecule has 0 N–H and O–H groups in total. The van der Waals surface area contributed by atoms with Crippen molar-refractivity contribution in [1.82, 2.24) is 37.0 Å². The highest BCUT2D eigenvalue weighted by Gasteiger charge is 2.26. The van der Waals surface area contributed by atoms with Crippen LogP contribution in [0.3, 0.4) is 0 Å². The van der Waals surface area contributed by atoms with Gasteiger partial charge in [0, 0.05) is 76.7 Å². The third-order valence-electron chi connectivity index (χ3n) is 22.7. The van der Waals surface area contributed by atoms with E-state index >= 15 is 0 Å². The Morgan fingerprint density at radius 2 is 0.639 bits per heavy atom. The molecule has 0 amide bonds. The van der Waals surface area contributed by atoms with Gasteiger partial charge < -0.3 is 22.7 Å². The standard InChI is InChI=1S/C98H58N8OS/c1-3-25-65(75-34-21-44-91-95(75)100-98-106(91)90-43-19-20-46-94(90)108-98)63(23-1)67-27-5-15-39-83(67)103-86-42-18-11-33-73(86)78-58-62(50-54-88(78)103)102-82-38-14-9-31-71(82)74-51-47-60(56-93(74)102)59-48-52-89-79(55-59)99-97-105(89)92-45-22-35-76(96(92)107-97)66-26-4-2-24-64(66)68-28-6-16-40-84(68)104-85-41-17-10-32-72(85)77-57-61(49-53-87(77)104)101-80-36-12-7-29-69(80)70-30-8-13-37-81(70)101/h1-58H. The number of thiazole rings is 1. The summed E-state index contributed by atoms with van der Waals surface area (Å²) in [7, 11) is 0. The van der Waals surface area contributed by atoms with Gasteiger partial charge in [0.2, 0.25) is 0 Å². The van der Waals surface area contributed by atoms with Gasteiger partial charge in [0.1, 0.15) is 0 Å². The van der Waals surface area contributed by atoms with Gasteiger partial charge in [-0.05, 0) is 155 Å². The number of imidazole rings is 2. The van der Waals surface area contributed by atoms with Gasteiger partial charge in [0.15, 0.2) is 10.5 Å². The Morgan fingerprint density at radius 3 is 1.22 bits per heavy atom. The molecule has 0 bridgehead atoms. The molecule has 0 spiro atoms. The summed E-state index contributed by atoms with van der Waals surface area (Å²) in [5, 5.41) is 9.64. The molecule has 10 heteroatoms. The van der Waals surface area contributed by atoms with E-state index in [4.69, 9.17) is 14.4 Å². The van der Waals surface area contributed by atoms with Crippen molar-refractivity contribution >= 4 is 153 Å². The fourth-order valence-corrected chi connectivity index (χ4v) is 19.2. The number of rotatable bonds is 9. The quantitative estimate of drug-likeness (QED) is 0.145. The molecule has 8 heterocycles. The van der Waals surface area contributed by atoms with Crippen molar-refractivity contribution in [1.29, 1.82) is 0 Å². The minimum Gasteiger partial charge on any atom is -0.422 e. The average molecular weight is 1400 g/mol. The van der Waals surface area contributed by atoms with Gasteiger partial charge in [-0.15, -0.1) is 0 Å². The summed E-state index contributed by atoms with van der Waals surface area (Å²) < 4.78 is 22.5. The smallest absolute Gasteiger partial charge is 0.307 e. The first-order chi connectivity index (χ1) is 53.6. The van der Waals surface area contributed by atoms with E-state index in [0.717, 1.165) is 150 Å². The molecule has 0 radical (unpaired) electrons. The number of nitrogens with zero attached hydrogens (tertiary/aromatic N) is 8. The minimum atomic E-state index is 0.547. The first-order valence-electron chi connectivity index (χ1n) is 36.7. The summed E-state index contributed by atoms with van der Waals surface area (Å²) in [6.07, 6.45) is 0. The Morgan fingerprint density at radius 1 is 0.241 bits per heavy atom. The second kappa shape index (κ2) is 22.6. The van der Waals surface area contributed by atoms with Crippen molar-refractivity contribution in [2.24, 2.45) is 0 Å². The van der Waals surface area contributed by atoms with E-state index in [2.05, 4.69) is 379 Å². The van der Waals surface area contributed by atoms with Crippen LogP contribution < -0.4 is 0 Å². The second-order valence-electron chi connectivity index (χ2n) is 28.3. The van der Waals surface area contributed by atoms with E-state index in [0.29, 0.717) is 5.84 Å². The monoisotopic (exact) mass is 1390 g/mol. The van der Waals surface area contributed by atoms with Gasteiger partial charge in [-0.3, -0.25) is 8.80 Å². The lowest BCUT2D eigenvalue weighted by molar-refractivity contribution is 0.644. The molecule has 24 aromatic rings. The van der Waals surface area contributed by atoms with Crippen LogP contribution >= 0.6 is 11.3 Å². The molecule has 0 aliphatic rings. The zero-order valence-corrected chi connectivity index (χ0v) is 58.7. The van der Waals surface area contributed by atoms with Crippen LogP contribution in [0.4, 0.5) is 0 Å². The molecular formula is C98H58N8OS. The van der Waals surface area contributed by atoms with Crippen molar-refractivity contribution in [3.63, 3.8) is 0 Å². The number of hydrogen-bond acceptors (Lipinski definition) is 4. The second-order valence-corrected chi connectivity index (χ2v) is 29.4. The summed E-state index contributed by atoms with van der Waals surface area (Å²) >= 11 is 1.74.